The van der Waals surface area contributed by atoms with Gasteiger partial charge in [0.25, 0.3) is 0 Å². The lowest BCUT2D eigenvalue weighted by molar-refractivity contribution is 0.110. The standard InChI is InChI=1S/C4H11NO2.C2H6/c1-6-3-5-4-7-2;1-2/h5H,3-4H2,1-2H3;1-2H3. The molecule has 0 saturated heterocycles. The first-order chi connectivity index (χ1) is 4.41. The van der Waals surface area contributed by atoms with Gasteiger partial charge in [-0.3, -0.25) is 5.32 Å². The maximum Gasteiger partial charge on any atom is 0.0978 e. The maximum atomic E-state index is 4.65. The molecular weight excluding hydrogens is 118 g/mol. The average Bonchev–Trinajstić information content (AvgIpc) is 1.94. The second-order valence-corrected chi connectivity index (χ2v) is 1.12. The van der Waals surface area contributed by atoms with E-state index in [4.69, 9.17) is 0 Å². The molecule has 0 saturated carbocycles. The van der Waals surface area contributed by atoms with E-state index >= 15 is 0 Å². The fraction of sp³-hybridized carbons (Fsp3) is 1.00. The summed E-state index contributed by atoms with van der Waals surface area (Å²) in [4.78, 5) is 0. The highest BCUT2D eigenvalue weighted by molar-refractivity contribution is 4.18. The summed E-state index contributed by atoms with van der Waals surface area (Å²) < 4.78 is 9.31. The molecule has 58 valence electrons. The molecule has 9 heavy (non-hydrogen) atoms. The number of rotatable bonds is 4. The molecule has 0 aliphatic heterocycles. The van der Waals surface area contributed by atoms with Crippen molar-refractivity contribution in [1.82, 2.24) is 5.32 Å². The number of nitrogens with one attached hydrogen (secondary N) is 1. The Morgan fingerprint density at radius 1 is 1.00 bits per heavy atom. The summed E-state index contributed by atoms with van der Waals surface area (Å²) in [6, 6.07) is 0. The van der Waals surface area contributed by atoms with E-state index in [2.05, 4.69) is 14.8 Å². The van der Waals surface area contributed by atoms with Crippen molar-refractivity contribution in [2.45, 2.75) is 13.8 Å². The molecule has 0 rings (SSSR count). The molecule has 3 nitrogen and oxygen atoms in total. The lowest BCUT2D eigenvalue weighted by atomic mass is 11.0. The average molecular weight is 135 g/mol. The summed E-state index contributed by atoms with van der Waals surface area (Å²) in [7, 11) is 3.26. The van der Waals surface area contributed by atoms with Crippen LogP contribution < -0.4 is 5.32 Å². The van der Waals surface area contributed by atoms with Crippen molar-refractivity contribution < 1.29 is 9.47 Å². The van der Waals surface area contributed by atoms with Crippen LogP contribution in [0, 0.1) is 0 Å². The molecule has 0 aliphatic carbocycles. The van der Waals surface area contributed by atoms with Crippen LogP contribution in [-0.4, -0.2) is 27.7 Å². The molecule has 0 aromatic heterocycles. The third-order valence-electron chi connectivity index (χ3n) is 0.493. The van der Waals surface area contributed by atoms with Gasteiger partial charge in [-0.1, -0.05) is 13.8 Å². The molecule has 0 bridgehead atoms. The van der Waals surface area contributed by atoms with Gasteiger partial charge in [0.1, 0.15) is 0 Å². The van der Waals surface area contributed by atoms with Gasteiger partial charge in [-0.15, -0.1) is 0 Å². The van der Waals surface area contributed by atoms with E-state index in [-0.39, 0.29) is 0 Å². The van der Waals surface area contributed by atoms with Crippen molar-refractivity contribution in [2.75, 3.05) is 27.7 Å². The predicted octanol–water partition coefficient (Wildman–Crippen LogP) is 0.810. The van der Waals surface area contributed by atoms with Gasteiger partial charge in [0, 0.05) is 14.2 Å². The van der Waals surface area contributed by atoms with Crippen molar-refractivity contribution >= 4 is 0 Å². The Morgan fingerprint density at radius 3 is 1.56 bits per heavy atom. The Bertz CT molecular complexity index is 30.2. The summed E-state index contributed by atoms with van der Waals surface area (Å²) in [5.41, 5.74) is 0. The maximum absolute atomic E-state index is 4.65. The summed E-state index contributed by atoms with van der Waals surface area (Å²) >= 11 is 0. The van der Waals surface area contributed by atoms with Gasteiger partial charge in [0.05, 0.1) is 13.5 Å². The van der Waals surface area contributed by atoms with Crippen molar-refractivity contribution in [2.24, 2.45) is 0 Å². The molecule has 0 atom stereocenters. The highest BCUT2D eigenvalue weighted by Crippen LogP contribution is 1.59. The minimum atomic E-state index is 0.549. The van der Waals surface area contributed by atoms with Crippen LogP contribution in [0.5, 0.6) is 0 Å². The SMILES string of the molecule is CC.COCNCOC. The quantitative estimate of drug-likeness (QED) is 0.457. The van der Waals surface area contributed by atoms with E-state index in [0.717, 1.165) is 0 Å². The smallest absolute Gasteiger partial charge is 0.0978 e. The van der Waals surface area contributed by atoms with Crippen LogP contribution in [0.2, 0.25) is 0 Å². The predicted molar refractivity (Wildman–Crippen MR) is 38.2 cm³/mol. The van der Waals surface area contributed by atoms with Gasteiger partial charge in [0.2, 0.25) is 0 Å². The normalized spacial score (nSPS) is 8.00. The highest BCUT2D eigenvalue weighted by atomic mass is 16.5. The zero-order valence-corrected chi connectivity index (χ0v) is 6.73. The minimum absolute atomic E-state index is 0.549. The van der Waals surface area contributed by atoms with Crippen LogP contribution in [0.3, 0.4) is 0 Å². The monoisotopic (exact) mass is 135 g/mol. The van der Waals surface area contributed by atoms with Crippen LogP contribution in [0.25, 0.3) is 0 Å². The third kappa shape index (κ3) is 18.1. The van der Waals surface area contributed by atoms with Gasteiger partial charge in [0.15, 0.2) is 0 Å². The summed E-state index contributed by atoms with van der Waals surface area (Å²) in [6.07, 6.45) is 0. The van der Waals surface area contributed by atoms with E-state index in [9.17, 15) is 0 Å². The number of hydrogen-bond donors (Lipinski definition) is 1. The van der Waals surface area contributed by atoms with Crippen LogP contribution >= 0.6 is 0 Å². The third-order valence-corrected chi connectivity index (χ3v) is 0.493. The molecule has 0 fully saturated rings. The molecular formula is C6H17NO2. The van der Waals surface area contributed by atoms with Crippen molar-refractivity contribution in [3.63, 3.8) is 0 Å². The fourth-order valence-electron chi connectivity index (χ4n) is 0.246. The molecule has 3 heteroatoms. The minimum Gasteiger partial charge on any atom is -0.369 e. The molecule has 0 heterocycles. The first-order valence-corrected chi connectivity index (χ1v) is 3.10. The molecule has 0 radical (unpaired) electrons. The topological polar surface area (TPSA) is 30.5 Å². The van der Waals surface area contributed by atoms with E-state index in [1.54, 1.807) is 14.2 Å². The van der Waals surface area contributed by atoms with Crippen LogP contribution in [-0.2, 0) is 9.47 Å². The first kappa shape index (κ1) is 11.6. The zero-order chi connectivity index (χ0) is 7.54. The number of ether oxygens (including phenoxy) is 2. The second-order valence-electron chi connectivity index (χ2n) is 1.12. The van der Waals surface area contributed by atoms with Crippen LogP contribution in [0.15, 0.2) is 0 Å². The first-order valence-electron chi connectivity index (χ1n) is 3.10. The van der Waals surface area contributed by atoms with Crippen molar-refractivity contribution in [3.05, 3.63) is 0 Å². The van der Waals surface area contributed by atoms with Crippen LogP contribution in [0.4, 0.5) is 0 Å². The highest BCUT2D eigenvalue weighted by Gasteiger charge is 1.75. The lowest BCUT2D eigenvalue weighted by Gasteiger charge is -1.98. The summed E-state index contributed by atoms with van der Waals surface area (Å²) in [5, 5.41) is 2.84. The molecule has 0 amide bonds. The lowest BCUT2D eigenvalue weighted by Crippen LogP contribution is -2.18. The fourth-order valence-corrected chi connectivity index (χ4v) is 0.246. The Kier molecular flexibility index (Phi) is 20.3. The Labute approximate surface area is 57.3 Å². The number of methoxy groups -OCH3 is 2. The van der Waals surface area contributed by atoms with Crippen molar-refractivity contribution in [3.8, 4) is 0 Å². The second kappa shape index (κ2) is 15.7. The molecule has 0 aliphatic rings. The Hall–Kier alpha value is -0.120. The van der Waals surface area contributed by atoms with Gasteiger partial charge in [-0.05, 0) is 0 Å². The van der Waals surface area contributed by atoms with Crippen LogP contribution in [0.1, 0.15) is 13.8 Å². The summed E-state index contributed by atoms with van der Waals surface area (Å²) in [5.74, 6) is 0. The molecule has 0 aromatic carbocycles. The van der Waals surface area contributed by atoms with Gasteiger partial charge < -0.3 is 9.47 Å². The molecule has 0 aromatic rings. The van der Waals surface area contributed by atoms with Gasteiger partial charge in [-0.25, -0.2) is 0 Å². The van der Waals surface area contributed by atoms with Crippen molar-refractivity contribution in [1.29, 1.82) is 0 Å². The van der Waals surface area contributed by atoms with E-state index in [1.807, 2.05) is 13.8 Å². The summed E-state index contributed by atoms with van der Waals surface area (Å²) in [6.45, 7) is 5.10. The van der Waals surface area contributed by atoms with E-state index in [0.29, 0.717) is 13.5 Å². The number of hydrogen-bond acceptors (Lipinski definition) is 3. The van der Waals surface area contributed by atoms with Gasteiger partial charge >= 0.3 is 0 Å². The van der Waals surface area contributed by atoms with E-state index in [1.165, 1.54) is 0 Å². The molecule has 1 N–H and O–H groups in total. The Morgan fingerprint density at radius 2 is 1.33 bits per heavy atom. The van der Waals surface area contributed by atoms with Gasteiger partial charge in [-0.2, -0.15) is 0 Å². The molecule has 0 unspecified atom stereocenters. The van der Waals surface area contributed by atoms with E-state index < -0.39 is 0 Å². The molecule has 0 spiro atoms. The largest absolute Gasteiger partial charge is 0.369 e. The zero-order valence-electron chi connectivity index (χ0n) is 6.73. The Balaban J connectivity index is 0.